The molecule has 0 saturated carbocycles. The van der Waals surface area contributed by atoms with Gasteiger partial charge in [-0.1, -0.05) is 0 Å². The molecule has 0 aromatic carbocycles. The molecule has 3 N–H and O–H groups in total. The molecular formula is C11H18F2N4. The highest BCUT2D eigenvalue weighted by Crippen LogP contribution is 2.28. The normalized spacial score (nSPS) is 25.6. The van der Waals surface area contributed by atoms with E-state index in [1.54, 1.807) is 4.90 Å². The lowest BCUT2D eigenvalue weighted by atomic mass is 10.1. The van der Waals surface area contributed by atoms with E-state index in [1.165, 1.54) is 6.20 Å². The van der Waals surface area contributed by atoms with Crippen molar-refractivity contribution < 1.29 is 8.78 Å². The lowest BCUT2D eigenvalue weighted by Crippen LogP contribution is -2.46. The van der Waals surface area contributed by atoms with Crippen LogP contribution in [0.2, 0.25) is 0 Å². The first kappa shape index (κ1) is 12.3. The molecule has 0 aromatic heterocycles. The van der Waals surface area contributed by atoms with Crippen LogP contribution in [0.3, 0.4) is 0 Å². The molecule has 4 nitrogen and oxygen atoms in total. The van der Waals surface area contributed by atoms with Crippen molar-refractivity contribution in [1.29, 1.82) is 0 Å². The van der Waals surface area contributed by atoms with Crippen molar-refractivity contribution >= 4 is 5.71 Å². The summed E-state index contributed by atoms with van der Waals surface area (Å²) in [7, 11) is 0. The lowest BCUT2D eigenvalue weighted by molar-refractivity contribution is -0.0536. The second kappa shape index (κ2) is 5.00. The Labute approximate surface area is 99.6 Å². The molecule has 1 saturated heterocycles. The van der Waals surface area contributed by atoms with Crippen molar-refractivity contribution in [3.8, 4) is 0 Å². The lowest BCUT2D eigenvalue weighted by Gasteiger charge is -2.36. The van der Waals surface area contributed by atoms with Gasteiger partial charge in [0.2, 0.25) is 0 Å². The maximum Gasteiger partial charge on any atom is 0.265 e. The molecule has 0 bridgehead atoms. The van der Waals surface area contributed by atoms with Gasteiger partial charge in [-0.15, -0.1) is 0 Å². The van der Waals surface area contributed by atoms with Crippen LogP contribution >= 0.6 is 0 Å². The van der Waals surface area contributed by atoms with E-state index >= 15 is 0 Å². The fourth-order valence-corrected chi connectivity index (χ4v) is 2.26. The summed E-state index contributed by atoms with van der Waals surface area (Å²) >= 11 is 0. The van der Waals surface area contributed by atoms with Crippen molar-refractivity contribution in [1.82, 2.24) is 10.2 Å². The largest absolute Gasteiger partial charge is 0.403 e. The van der Waals surface area contributed by atoms with Gasteiger partial charge in [0.05, 0.1) is 24.5 Å². The van der Waals surface area contributed by atoms with Crippen LogP contribution in [0.1, 0.15) is 12.8 Å². The molecule has 2 aliphatic rings. The number of hydrogen-bond donors (Lipinski definition) is 2. The van der Waals surface area contributed by atoms with Crippen LogP contribution in [0.25, 0.3) is 0 Å². The summed E-state index contributed by atoms with van der Waals surface area (Å²) in [6.07, 6.45) is 1.85. The Morgan fingerprint density at radius 1 is 1.53 bits per heavy atom. The molecule has 0 unspecified atom stereocenters. The number of piperidine rings is 1. The Kier molecular flexibility index (Phi) is 3.61. The Bertz CT molecular complexity index is 338. The minimum absolute atomic E-state index is 0.0356. The summed E-state index contributed by atoms with van der Waals surface area (Å²) in [6, 6.07) is 0. The zero-order valence-electron chi connectivity index (χ0n) is 9.75. The van der Waals surface area contributed by atoms with E-state index in [-0.39, 0.29) is 13.0 Å². The molecule has 0 aliphatic carbocycles. The topological polar surface area (TPSA) is 53.6 Å². The summed E-state index contributed by atoms with van der Waals surface area (Å²) in [6.45, 7) is 2.48. The first-order chi connectivity index (χ1) is 8.12. The number of nitrogens with one attached hydrogen (secondary N) is 1. The summed E-state index contributed by atoms with van der Waals surface area (Å²) in [5.74, 6) is -2.62. The van der Waals surface area contributed by atoms with Gasteiger partial charge in [0, 0.05) is 32.3 Å². The molecule has 2 rings (SSSR count). The Morgan fingerprint density at radius 3 is 2.94 bits per heavy atom. The first-order valence-electron chi connectivity index (χ1n) is 5.91. The standard InChI is InChI=1S/C11H18F2N4/c12-11(13)2-1-5-17(8-11)10(6-14)9-7-15-3-4-16-9/h6,15H,1-5,7-8,14H2. The van der Waals surface area contributed by atoms with Gasteiger partial charge in [0.15, 0.2) is 0 Å². The molecule has 6 heteroatoms. The van der Waals surface area contributed by atoms with Gasteiger partial charge in [-0.3, -0.25) is 4.99 Å². The van der Waals surface area contributed by atoms with Gasteiger partial charge >= 0.3 is 0 Å². The van der Waals surface area contributed by atoms with Gasteiger partial charge in [-0.2, -0.15) is 0 Å². The van der Waals surface area contributed by atoms with Gasteiger partial charge in [-0.05, 0) is 6.42 Å². The van der Waals surface area contributed by atoms with E-state index in [1.807, 2.05) is 0 Å². The second-order valence-electron chi connectivity index (χ2n) is 4.44. The van der Waals surface area contributed by atoms with Crippen LogP contribution in [0, 0.1) is 0 Å². The maximum absolute atomic E-state index is 13.4. The minimum Gasteiger partial charge on any atom is -0.403 e. The molecule has 2 heterocycles. The van der Waals surface area contributed by atoms with Crippen LogP contribution in [-0.4, -0.2) is 49.3 Å². The van der Waals surface area contributed by atoms with Crippen LogP contribution in [-0.2, 0) is 0 Å². The van der Waals surface area contributed by atoms with Crippen molar-refractivity contribution in [2.24, 2.45) is 10.7 Å². The fraction of sp³-hybridized carbons (Fsp3) is 0.727. The summed E-state index contributed by atoms with van der Waals surface area (Å²) < 4.78 is 26.7. The second-order valence-corrected chi connectivity index (χ2v) is 4.44. The van der Waals surface area contributed by atoms with Gasteiger partial charge < -0.3 is 16.0 Å². The molecule has 0 amide bonds. The van der Waals surface area contributed by atoms with Crippen LogP contribution in [0.4, 0.5) is 8.78 Å². The van der Waals surface area contributed by atoms with Crippen molar-refractivity contribution in [2.45, 2.75) is 18.8 Å². The molecular weight excluding hydrogens is 226 g/mol. The maximum atomic E-state index is 13.4. The van der Waals surface area contributed by atoms with Gasteiger partial charge in [0.25, 0.3) is 5.92 Å². The summed E-state index contributed by atoms with van der Waals surface area (Å²) in [5, 5.41) is 3.17. The number of alkyl halides is 2. The molecule has 2 aliphatic heterocycles. The third kappa shape index (κ3) is 2.94. The third-order valence-corrected chi connectivity index (χ3v) is 3.07. The Hall–Kier alpha value is -1.17. The van der Waals surface area contributed by atoms with Crippen LogP contribution in [0.5, 0.6) is 0 Å². The quantitative estimate of drug-likeness (QED) is 0.746. The smallest absolute Gasteiger partial charge is 0.265 e. The fourth-order valence-electron chi connectivity index (χ4n) is 2.26. The van der Waals surface area contributed by atoms with Crippen molar-refractivity contribution in [2.75, 3.05) is 32.7 Å². The van der Waals surface area contributed by atoms with E-state index in [2.05, 4.69) is 10.3 Å². The average molecular weight is 244 g/mol. The molecule has 17 heavy (non-hydrogen) atoms. The predicted octanol–water partition coefficient (Wildman–Crippen LogP) is 0.562. The zero-order chi connectivity index (χ0) is 12.3. The number of likely N-dealkylation sites (tertiary alicyclic amines) is 1. The predicted molar refractivity (Wildman–Crippen MR) is 63.2 cm³/mol. The number of nitrogens with zero attached hydrogens (tertiary/aromatic N) is 2. The van der Waals surface area contributed by atoms with E-state index in [4.69, 9.17) is 5.73 Å². The van der Waals surface area contributed by atoms with E-state index in [0.29, 0.717) is 31.8 Å². The van der Waals surface area contributed by atoms with E-state index < -0.39 is 5.92 Å². The zero-order valence-corrected chi connectivity index (χ0v) is 9.75. The average Bonchev–Trinajstić information content (AvgIpc) is 2.30. The van der Waals surface area contributed by atoms with Crippen LogP contribution < -0.4 is 11.1 Å². The van der Waals surface area contributed by atoms with E-state index in [0.717, 1.165) is 12.3 Å². The summed E-state index contributed by atoms with van der Waals surface area (Å²) in [5.41, 5.74) is 7.00. The van der Waals surface area contributed by atoms with E-state index in [9.17, 15) is 8.78 Å². The monoisotopic (exact) mass is 244 g/mol. The van der Waals surface area contributed by atoms with Gasteiger partial charge in [-0.25, -0.2) is 8.78 Å². The number of nitrogens with two attached hydrogens (primary N) is 1. The van der Waals surface area contributed by atoms with Gasteiger partial charge in [0.1, 0.15) is 0 Å². The molecule has 0 spiro atoms. The Balaban J connectivity index is 2.10. The molecule has 1 fully saturated rings. The highest BCUT2D eigenvalue weighted by molar-refractivity contribution is 6.01. The third-order valence-electron chi connectivity index (χ3n) is 3.07. The van der Waals surface area contributed by atoms with Crippen molar-refractivity contribution in [3.63, 3.8) is 0 Å². The molecule has 0 radical (unpaired) electrons. The Morgan fingerprint density at radius 2 is 2.35 bits per heavy atom. The number of halogens is 2. The highest BCUT2D eigenvalue weighted by atomic mass is 19.3. The molecule has 0 atom stereocenters. The highest BCUT2D eigenvalue weighted by Gasteiger charge is 2.36. The number of hydrogen-bond acceptors (Lipinski definition) is 4. The minimum atomic E-state index is -2.62. The number of aliphatic imine (C=N–C) groups is 1. The summed E-state index contributed by atoms with van der Waals surface area (Å²) in [4.78, 5) is 5.99. The SMILES string of the molecule is NC=C(C1=NCCNC1)N1CCCC(F)(F)C1. The van der Waals surface area contributed by atoms with Crippen LogP contribution in [0.15, 0.2) is 16.9 Å². The number of rotatable bonds is 2. The first-order valence-corrected chi connectivity index (χ1v) is 5.91. The molecule has 96 valence electrons. The van der Waals surface area contributed by atoms with Crippen molar-refractivity contribution in [3.05, 3.63) is 11.9 Å². The molecule has 0 aromatic rings.